The van der Waals surface area contributed by atoms with Crippen LogP contribution in [0.15, 0.2) is 39.9 Å². The van der Waals surface area contributed by atoms with Crippen LogP contribution in [0.25, 0.3) is 11.5 Å². The summed E-state index contributed by atoms with van der Waals surface area (Å²) < 4.78 is 5.62. The molecule has 29 heavy (non-hydrogen) atoms. The molecule has 0 aliphatic carbocycles. The van der Waals surface area contributed by atoms with Crippen molar-refractivity contribution in [3.63, 3.8) is 0 Å². The molecule has 1 aliphatic heterocycles. The van der Waals surface area contributed by atoms with Crippen LogP contribution in [-0.4, -0.2) is 65.9 Å². The van der Waals surface area contributed by atoms with E-state index in [1.165, 1.54) is 5.56 Å². The zero-order valence-electron chi connectivity index (χ0n) is 17.4. The van der Waals surface area contributed by atoms with Crippen LogP contribution < -0.4 is 5.32 Å². The molecule has 0 bridgehead atoms. The van der Waals surface area contributed by atoms with Crippen LogP contribution in [0.1, 0.15) is 25.1 Å². The zero-order valence-corrected chi connectivity index (χ0v) is 19.7. The molecule has 0 atom stereocenters. The molecule has 7 nitrogen and oxygen atoms in total. The number of aliphatic imine (C=N–C) groups is 1. The number of hydrogen-bond acceptors (Lipinski definition) is 4. The second kappa shape index (κ2) is 11.2. The van der Waals surface area contributed by atoms with Gasteiger partial charge < -0.3 is 19.5 Å². The molecule has 8 heteroatoms. The zero-order chi connectivity index (χ0) is 19.9. The van der Waals surface area contributed by atoms with Crippen molar-refractivity contribution in [1.29, 1.82) is 0 Å². The first-order valence-corrected chi connectivity index (χ1v) is 9.87. The average molecular weight is 511 g/mol. The number of aryl methyl sites for hydroxylation is 1. The molecule has 0 unspecified atom stereocenters. The summed E-state index contributed by atoms with van der Waals surface area (Å²) in [6, 6.07) is 8.15. The second-order valence-electron chi connectivity index (χ2n) is 6.99. The Morgan fingerprint density at radius 1 is 1.17 bits per heavy atom. The lowest BCUT2D eigenvalue weighted by Crippen LogP contribution is -2.53. The third-order valence-corrected chi connectivity index (χ3v) is 4.84. The topological polar surface area (TPSA) is 74.0 Å². The Bertz CT molecular complexity index is 811. The van der Waals surface area contributed by atoms with Crippen LogP contribution >= 0.6 is 24.0 Å². The van der Waals surface area contributed by atoms with E-state index in [9.17, 15) is 4.79 Å². The first kappa shape index (κ1) is 23.2. The number of benzene rings is 1. The molecule has 1 saturated heterocycles. The Balaban J connectivity index is 0.00000300. The number of halogens is 1. The molecule has 2 aromatic rings. The lowest BCUT2D eigenvalue weighted by Gasteiger charge is -2.36. The van der Waals surface area contributed by atoms with Gasteiger partial charge in [-0.1, -0.05) is 17.7 Å². The number of rotatable bonds is 5. The van der Waals surface area contributed by atoms with Crippen molar-refractivity contribution in [2.45, 2.75) is 27.2 Å². The number of nitrogens with zero attached hydrogens (tertiary/aromatic N) is 4. The van der Waals surface area contributed by atoms with Crippen LogP contribution in [0.2, 0.25) is 0 Å². The summed E-state index contributed by atoms with van der Waals surface area (Å²) >= 11 is 0. The summed E-state index contributed by atoms with van der Waals surface area (Å²) in [5.41, 5.74) is 3.10. The molecule has 3 rings (SSSR count). The predicted molar refractivity (Wildman–Crippen MR) is 126 cm³/mol. The number of aromatic nitrogens is 1. The van der Waals surface area contributed by atoms with Gasteiger partial charge in [0.2, 0.25) is 11.8 Å². The number of nitrogens with one attached hydrogen (secondary N) is 1. The Hall–Kier alpha value is -2.10. The monoisotopic (exact) mass is 511 g/mol. The summed E-state index contributed by atoms with van der Waals surface area (Å²) in [5.74, 6) is 1.68. The molecule has 1 fully saturated rings. The van der Waals surface area contributed by atoms with E-state index in [4.69, 9.17) is 9.41 Å². The molecule has 0 spiro atoms. The van der Waals surface area contributed by atoms with E-state index in [1.54, 1.807) is 13.2 Å². The van der Waals surface area contributed by atoms with Crippen LogP contribution in [0.3, 0.4) is 0 Å². The maximum atomic E-state index is 11.5. The lowest BCUT2D eigenvalue weighted by molar-refractivity contribution is -0.130. The highest BCUT2D eigenvalue weighted by Gasteiger charge is 2.20. The number of carbonyl (C=O) groups excluding carboxylic acids is 1. The highest BCUT2D eigenvalue weighted by atomic mass is 127. The Labute approximate surface area is 189 Å². The van der Waals surface area contributed by atoms with Crippen LogP contribution in [0, 0.1) is 6.92 Å². The summed E-state index contributed by atoms with van der Waals surface area (Å²) in [5, 5.41) is 3.35. The summed E-state index contributed by atoms with van der Waals surface area (Å²) in [4.78, 5) is 24.9. The van der Waals surface area contributed by atoms with Crippen molar-refractivity contribution in [2.75, 3.05) is 39.3 Å². The first-order valence-electron chi connectivity index (χ1n) is 9.87. The molecule has 1 amide bonds. The van der Waals surface area contributed by atoms with Crippen molar-refractivity contribution in [2.24, 2.45) is 4.99 Å². The van der Waals surface area contributed by atoms with E-state index in [0.29, 0.717) is 12.4 Å². The maximum Gasteiger partial charge on any atom is 0.226 e. The van der Waals surface area contributed by atoms with E-state index >= 15 is 0 Å². The van der Waals surface area contributed by atoms with Crippen molar-refractivity contribution < 1.29 is 9.21 Å². The van der Waals surface area contributed by atoms with E-state index in [2.05, 4.69) is 41.2 Å². The van der Waals surface area contributed by atoms with Crippen molar-refractivity contribution in [1.82, 2.24) is 20.1 Å². The van der Waals surface area contributed by atoms with Gasteiger partial charge in [0.1, 0.15) is 6.26 Å². The van der Waals surface area contributed by atoms with E-state index in [0.717, 1.165) is 56.4 Å². The van der Waals surface area contributed by atoms with Gasteiger partial charge in [0, 0.05) is 58.2 Å². The molecular formula is C21H30IN5O2. The number of carbonyl (C=O) groups is 1. The lowest BCUT2D eigenvalue weighted by atomic mass is 10.1. The molecule has 1 aromatic carbocycles. The Kier molecular flexibility index (Phi) is 8.94. The number of hydrogen-bond donors (Lipinski definition) is 1. The van der Waals surface area contributed by atoms with E-state index in [-0.39, 0.29) is 29.9 Å². The van der Waals surface area contributed by atoms with E-state index < -0.39 is 0 Å². The second-order valence-corrected chi connectivity index (χ2v) is 6.99. The summed E-state index contributed by atoms with van der Waals surface area (Å²) in [7, 11) is 0. The van der Waals surface area contributed by atoms with Gasteiger partial charge in [0.15, 0.2) is 5.96 Å². The van der Waals surface area contributed by atoms with Gasteiger partial charge >= 0.3 is 0 Å². The minimum absolute atomic E-state index is 0. The average Bonchev–Trinajstić information content (AvgIpc) is 3.17. The van der Waals surface area contributed by atoms with Crippen LogP contribution in [0.5, 0.6) is 0 Å². The molecule has 0 radical (unpaired) electrons. The Morgan fingerprint density at radius 2 is 1.83 bits per heavy atom. The number of guanidine groups is 1. The van der Waals surface area contributed by atoms with Crippen LogP contribution in [-0.2, 0) is 11.2 Å². The largest absolute Gasteiger partial charge is 0.444 e. The SMILES string of the molecule is CCNC(=NCCc1coc(-c2ccc(C)cc2)n1)N1CCN(C(C)=O)CC1.I. The molecule has 1 aromatic heterocycles. The highest BCUT2D eigenvalue weighted by Crippen LogP contribution is 2.19. The van der Waals surface area contributed by atoms with Crippen molar-refractivity contribution in [3.8, 4) is 11.5 Å². The highest BCUT2D eigenvalue weighted by molar-refractivity contribution is 14.0. The predicted octanol–water partition coefficient (Wildman–Crippen LogP) is 2.94. The summed E-state index contributed by atoms with van der Waals surface area (Å²) in [6.45, 7) is 10.3. The molecule has 158 valence electrons. The third-order valence-electron chi connectivity index (χ3n) is 4.84. The quantitative estimate of drug-likeness (QED) is 0.380. The normalized spacial score (nSPS) is 14.5. The Morgan fingerprint density at radius 3 is 2.45 bits per heavy atom. The molecular weight excluding hydrogens is 481 g/mol. The standard InChI is InChI=1S/C21H29N5O2.HI/c1-4-22-21(26-13-11-25(12-14-26)17(3)27)23-10-9-19-15-28-20(24-19)18-7-5-16(2)6-8-18;/h5-8,15H,4,9-14H2,1-3H3,(H,22,23);1H. The summed E-state index contributed by atoms with van der Waals surface area (Å²) in [6.07, 6.45) is 2.43. The van der Waals surface area contributed by atoms with Crippen LogP contribution in [0.4, 0.5) is 0 Å². The molecule has 1 N–H and O–H groups in total. The van der Waals surface area contributed by atoms with Gasteiger partial charge in [0.05, 0.1) is 5.69 Å². The fourth-order valence-corrected chi connectivity index (χ4v) is 3.19. The fourth-order valence-electron chi connectivity index (χ4n) is 3.19. The number of oxazole rings is 1. The minimum Gasteiger partial charge on any atom is -0.444 e. The number of piperazine rings is 1. The fraction of sp³-hybridized carbons (Fsp3) is 0.476. The minimum atomic E-state index is 0. The molecule has 2 heterocycles. The van der Waals surface area contributed by atoms with E-state index in [1.807, 2.05) is 17.0 Å². The van der Waals surface area contributed by atoms with Gasteiger partial charge in [-0.25, -0.2) is 4.98 Å². The van der Waals surface area contributed by atoms with Gasteiger partial charge in [-0.15, -0.1) is 24.0 Å². The van der Waals surface area contributed by atoms with Gasteiger partial charge in [-0.3, -0.25) is 9.79 Å². The van der Waals surface area contributed by atoms with Crippen molar-refractivity contribution >= 4 is 35.8 Å². The number of amides is 1. The molecule has 0 saturated carbocycles. The van der Waals surface area contributed by atoms with Crippen molar-refractivity contribution in [3.05, 3.63) is 41.8 Å². The van der Waals surface area contributed by atoms with Gasteiger partial charge in [-0.2, -0.15) is 0 Å². The first-order chi connectivity index (χ1) is 13.6. The smallest absolute Gasteiger partial charge is 0.226 e. The van der Waals surface area contributed by atoms with Gasteiger partial charge in [0.25, 0.3) is 0 Å². The van der Waals surface area contributed by atoms with Gasteiger partial charge in [-0.05, 0) is 26.0 Å². The molecule has 1 aliphatic rings. The maximum absolute atomic E-state index is 11.5. The third kappa shape index (κ3) is 6.45.